The number of quaternary nitrogens is 2. The van der Waals surface area contributed by atoms with Gasteiger partial charge in [0.15, 0.2) is 0 Å². The second kappa shape index (κ2) is 11.9. The largest absolute Gasteiger partial charge is 0.491 e. The molecule has 0 saturated carbocycles. The number of aliphatic hydroxyl groups excluding tert-OH is 2. The van der Waals surface area contributed by atoms with Gasteiger partial charge in [-0.25, -0.2) is 0 Å². The summed E-state index contributed by atoms with van der Waals surface area (Å²) in [6.07, 6.45) is 4.10. The molecule has 2 atom stereocenters. The summed E-state index contributed by atoms with van der Waals surface area (Å²) in [4.78, 5) is 2.96. The lowest BCUT2D eigenvalue weighted by Crippen LogP contribution is -3.14. The van der Waals surface area contributed by atoms with E-state index in [9.17, 15) is 10.2 Å². The number of hydrogen-bond acceptors (Lipinski definition) is 4. The van der Waals surface area contributed by atoms with E-state index in [1.807, 2.05) is 24.3 Å². The molecule has 30 heavy (non-hydrogen) atoms. The molecule has 2 aliphatic rings. The zero-order valence-corrected chi connectivity index (χ0v) is 18.8. The molecule has 0 radical (unpaired) electrons. The minimum absolute atomic E-state index is 0.315. The van der Waals surface area contributed by atoms with Gasteiger partial charge in [0.1, 0.15) is 50.0 Å². The zero-order valence-electron chi connectivity index (χ0n) is 18.8. The second-order valence-electron chi connectivity index (χ2n) is 9.67. The van der Waals surface area contributed by atoms with Crippen LogP contribution in [-0.2, 0) is 0 Å². The molecule has 1 aromatic rings. The van der Waals surface area contributed by atoms with Crippen LogP contribution in [0.1, 0.15) is 39.5 Å². The summed E-state index contributed by atoms with van der Waals surface area (Å²) in [6.45, 7) is 11.3. The molecule has 0 spiro atoms. The van der Waals surface area contributed by atoms with Crippen molar-refractivity contribution in [2.24, 2.45) is 11.8 Å². The lowest BCUT2D eigenvalue weighted by molar-refractivity contribution is -0.909. The van der Waals surface area contributed by atoms with Crippen LogP contribution in [0.3, 0.4) is 0 Å². The summed E-state index contributed by atoms with van der Waals surface area (Å²) in [7, 11) is 0. The van der Waals surface area contributed by atoms with Gasteiger partial charge in [0.2, 0.25) is 0 Å². The van der Waals surface area contributed by atoms with Gasteiger partial charge in [-0.2, -0.15) is 0 Å². The van der Waals surface area contributed by atoms with Crippen molar-refractivity contribution < 1.29 is 29.5 Å². The molecule has 6 heteroatoms. The van der Waals surface area contributed by atoms with Crippen LogP contribution in [-0.4, -0.2) is 74.9 Å². The van der Waals surface area contributed by atoms with E-state index in [0.717, 1.165) is 62.6 Å². The highest BCUT2D eigenvalue weighted by Crippen LogP contribution is 2.18. The molecule has 0 aromatic heterocycles. The molecular formula is C24H42N2O4+2. The van der Waals surface area contributed by atoms with Crippen LogP contribution in [0.2, 0.25) is 0 Å². The van der Waals surface area contributed by atoms with Crippen LogP contribution >= 0.6 is 0 Å². The van der Waals surface area contributed by atoms with Crippen molar-refractivity contribution in [2.45, 2.75) is 51.7 Å². The number of nitrogens with one attached hydrogen (secondary N) is 2. The molecular weight excluding hydrogens is 380 g/mol. The summed E-state index contributed by atoms with van der Waals surface area (Å²) in [5, 5.41) is 20.6. The smallest absolute Gasteiger partial charge is 0.137 e. The Morgan fingerprint density at radius 1 is 0.733 bits per heavy atom. The van der Waals surface area contributed by atoms with E-state index in [-0.39, 0.29) is 0 Å². The second-order valence-corrected chi connectivity index (χ2v) is 9.67. The van der Waals surface area contributed by atoms with E-state index < -0.39 is 12.2 Å². The molecule has 2 heterocycles. The van der Waals surface area contributed by atoms with Crippen LogP contribution in [0.5, 0.6) is 11.5 Å². The molecule has 0 bridgehead atoms. The average molecular weight is 423 g/mol. The number of ether oxygens (including phenoxy) is 2. The summed E-state index contributed by atoms with van der Waals surface area (Å²) >= 11 is 0. The van der Waals surface area contributed by atoms with Gasteiger partial charge in [0.05, 0.1) is 26.2 Å². The Hall–Kier alpha value is -1.34. The first kappa shape index (κ1) is 23.3. The molecule has 2 aliphatic heterocycles. The zero-order chi connectivity index (χ0) is 21.3. The van der Waals surface area contributed by atoms with Crippen LogP contribution in [0, 0.1) is 11.8 Å². The van der Waals surface area contributed by atoms with E-state index in [1.165, 1.54) is 35.5 Å². The van der Waals surface area contributed by atoms with Gasteiger partial charge in [0.25, 0.3) is 0 Å². The Balaban J connectivity index is 1.31. The van der Waals surface area contributed by atoms with Gasteiger partial charge in [0, 0.05) is 0 Å². The van der Waals surface area contributed by atoms with Gasteiger partial charge < -0.3 is 29.5 Å². The fraction of sp³-hybridized carbons (Fsp3) is 0.750. The minimum atomic E-state index is -0.445. The number of hydrogen-bond donors (Lipinski definition) is 4. The van der Waals surface area contributed by atoms with Crippen LogP contribution in [0.15, 0.2) is 24.3 Å². The molecule has 3 rings (SSSR count). The maximum atomic E-state index is 10.3. The molecule has 0 unspecified atom stereocenters. The quantitative estimate of drug-likeness (QED) is 0.422. The average Bonchev–Trinajstić information content (AvgIpc) is 2.75. The fourth-order valence-corrected chi connectivity index (χ4v) is 4.55. The van der Waals surface area contributed by atoms with Crippen molar-refractivity contribution in [1.29, 1.82) is 0 Å². The molecule has 4 N–H and O–H groups in total. The maximum Gasteiger partial charge on any atom is 0.137 e. The third-order valence-corrected chi connectivity index (χ3v) is 6.72. The van der Waals surface area contributed by atoms with Crippen molar-refractivity contribution in [1.82, 2.24) is 0 Å². The van der Waals surface area contributed by atoms with Crippen molar-refractivity contribution in [3.05, 3.63) is 24.3 Å². The summed E-state index contributed by atoms with van der Waals surface area (Å²) in [5.41, 5.74) is 0. The number of likely N-dealkylation sites (tertiary alicyclic amines) is 2. The third-order valence-electron chi connectivity index (χ3n) is 6.72. The van der Waals surface area contributed by atoms with Crippen LogP contribution in [0.25, 0.3) is 0 Å². The fourth-order valence-electron chi connectivity index (χ4n) is 4.55. The summed E-state index contributed by atoms with van der Waals surface area (Å²) < 4.78 is 11.5. The monoisotopic (exact) mass is 422 g/mol. The molecule has 170 valence electrons. The third kappa shape index (κ3) is 8.06. The van der Waals surface area contributed by atoms with Gasteiger partial charge in [-0.1, -0.05) is 13.8 Å². The topological polar surface area (TPSA) is 67.8 Å². The lowest BCUT2D eigenvalue weighted by atomic mass is 9.99. The van der Waals surface area contributed by atoms with Crippen LogP contribution < -0.4 is 19.3 Å². The first-order chi connectivity index (χ1) is 14.5. The van der Waals surface area contributed by atoms with Crippen molar-refractivity contribution in [2.75, 3.05) is 52.5 Å². The highest BCUT2D eigenvalue weighted by Gasteiger charge is 2.23. The van der Waals surface area contributed by atoms with E-state index in [2.05, 4.69) is 13.8 Å². The molecule has 2 fully saturated rings. The SMILES string of the molecule is CC1CC[NH+](C[C@H](O)COc2ccc(OC[C@H](O)C[NH+]3CCC(C)CC3)cc2)CC1. The Morgan fingerprint density at radius 2 is 1.07 bits per heavy atom. The molecule has 0 aliphatic carbocycles. The summed E-state index contributed by atoms with van der Waals surface area (Å²) in [5.74, 6) is 3.10. The summed E-state index contributed by atoms with van der Waals surface area (Å²) in [6, 6.07) is 7.45. The lowest BCUT2D eigenvalue weighted by Gasteiger charge is -2.28. The number of piperidine rings is 2. The molecule has 1 aromatic carbocycles. The first-order valence-corrected chi connectivity index (χ1v) is 11.9. The predicted molar refractivity (Wildman–Crippen MR) is 117 cm³/mol. The van der Waals surface area contributed by atoms with Gasteiger partial charge in [-0.05, 0) is 61.8 Å². The van der Waals surface area contributed by atoms with E-state index in [1.54, 1.807) is 0 Å². The highest BCUT2D eigenvalue weighted by atomic mass is 16.5. The Bertz CT molecular complexity index is 543. The maximum absolute atomic E-state index is 10.3. The Morgan fingerprint density at radius 3 is 1.40 bits per heavy atom. The van der Waals surface area contributed by atoms with E-state index >= 15 is 0 Å². The molecule has 0 amide bonds. The van der Waals surface area contributed by atoms with Gasteiger partial charge in [-0.15, -0.1) is 0 Å². The van der Waals surface area contributed by atoms with Crippen molar-refractivity contribution in [3.63, 3.8) is 0 Å². The molecule has 6 nitrogen and oxygen atoms in total. The van der Waals surface area contributed by atoms with Crippen molar-refractivity contribution in [3.8, 4) is 11.5 Å². The standard InChI is InChI=1S/C24H40N2O4/c1-19-7-11-25(12-8-19)15-21(27)17-29-23-3-5-24(6-4-23)30-18-22(28)16-26-13-9-20(2)10-14-26/h3-6,19-22,27-28H,7-18H2,1-2H3/p+2/t21-,22+. The first-order valence-electron chi connectivity index (χ1n) is 11.9. The van der Waals surface area contributed by atoms with E-state index in [4.69, 9.17) is 9.47 Å². The van der Waals surface area contributed by atoms with Crippen LogP contribution in [0.4, 0.5) is 0 Å². The van der Waals surface area contributed by atoms with Gasteiger partial charge >= 0.3 is 0 Å². The van der Waals surface area contributed by atoms with E-state index in [0.29, 0.717) is 13.2 Å². The Labute approximate surface area is 181 Å². The number of rotatable bonds is 10. The van der Waals surface area contributed by atoms with Crippen molar-refractivity contribution >= 4 is 0 Å². The normalized spacial score (nSPS) is 29.2. The molecule has 2 saturated heterocycles. The Kier molecular flexibility index (Phi) is 9.25. The predicted octanol–water partition coefficient (Wildman–Crippen LogP) is -0.204. The van der Waals surface area contributed by atoms with Gasteiger partial charge in [-0.3, -0.25) is 0 Å². The number of benzene rings is 1. The minimum Gasteiger partial charge on any atom is -0.491 e. The number of aliphatic hydroxyl groups is 2. The highest BCUT2D eigenvalue weighted by molar-refractivity contribution is 5.31.